The summed E-state index contributed by atoms with van der Waals surface area (Å²) in [6, 6.07) is 0. The van der Waals surface area contributed by atoms with Crippen LogP contribution in [0.5, 0.6) is 0 Å². The van der Waals surface area contributed by atoms with E-state index in [1.54, 1.807) is 0 Å². The van der Waals surface area contributed by atoms with Crippen LogP contribution in [0.4, 0.5) is 0 Å². The molecule has 0 bridgehead atoms. The lowest BCUT2D eigenvalue weighted by Crippen LogP contribution is -2.34. The summed E-state index contributed by atoms with van der Waals surface area (Å²) in [6.07, 6.45) is 2.69. The fraction of sp³-hybridized carbons (Fsp3) is 0.700. The quantitative estimate of drug-likeness (QED) is 0.742. The number of nitrogens with one attached hydrogen (secondary N) is 1. The zero-order chi connectivity index (χ0) is 12.9. The smallest absolute Gasteiger partial charge is 0.260 e. The van der Waals surface area contributed by atoms with Crippen molar-refractivity contribution < 1.29 is 13.5 Å². The van der Waals surface area contributed by atoms with Crippen LogP contribution < -0.4 is 0 Å². The molecule has 0 fully saturated rings. The Bertz CT molecular complexity index is 435. The van der Waals surface area contributed by atoms with Crippen molar-refractivity contribution in [3.8, 4) is 0 Å². The molecule has 7 heteroatoms. The molecule has 0 unspecified atom stereocenters. The maximum atomic E-state index is 12.2. The van der Waals surface area contributed by atoms with E-state index >= 15 is 0 Å². The predicted octanol–water partition coefficient (Wildman–Crippen LogP) is 0.365. The van der Waals surface area contributed by atoms with Gasteiger partial charge >= 0.3 is 0 Å². The molecule has 2 N–H and O–H groups in total. The number of sulfonamides is 1. The van der Waals surface area contributed by atoms with Crippen molar-refractivity contribution >= 4 is 10.0 Å². The highest BCUT2D eigenvalue weighted by Gasteiger charge is 2.25. The summed E-state index contributed by atoms with van der Waals surface area (Å²) in [5.74, 6) is 0.643. The highest BCUT2D eigenvalue weighted by molar-refractivity contribution is 7.89. The normalized spacial score (nSPS) is 12.2. The number of H-pyrrole nitrogens is 1. The number of aromatic nitrogens is 2. The van der Waals surface area contributed by atoms with Crippen molar-refractivity contribution in [3.05, 3.63) is 12.0 Å². The molecular formula is C10H19N3O3S. The van der Waals surface area contributed by atoms with Crippen molar-refractivity contribution in [3.63, 3.8) is 0 Å². The molecule has 17 heavy (non-hydrogen) atoms. The van der Waals surface area contributed by atoms with Gasteiger partial charge in [0.1, 0.15) is 5.82 Å². The van der Waals surface area contributed by atoms with Crippen LogP contribution in [0.15, 0.2) is 11.2 Å². The van der Waals surface area contributed by atoms with Gasteiger partial charge in [0.25, 0.3) is 10.0 Å². The molecule has 0 saturated heterocycles. The van der Waals surface area contributed by atoms with Crippen molar-refractivity contribution in [1.29, 1.82) is 0 Å². The molecule has 6 nitrogen and oxygen atoms in total. The summed E-state index contributed by atoms with van der Waals surface area (Å²) in [4.78, 5) is 6.76. The zero-order valence-electron chi connectivity index (χ0n) is 10.2. The zero-order valence-corrected chi connectivity index (χ0v) is 11.0. The van der Waals surface area contributed by atoms with Crippen molar-refractivity contribution in [2.24, 2.45) is 0 Å². The van der Waals surface area contributed by atoms with E-state index in [-0.39, 0.29) is 18.2 Å². The van der Waals surface area contributed by atoms with Gasteiger partial charge in [-0.25, -0.2) is 13.4 Å². The number of hydrogen-bond donors (Lipinski definition) is 2. The number of nitrogens with zero attached hydrogens (tertiary/aromatic N) is 2. The number of rotatable bonds is 7. The highest BCUT2D eigenvalue weighted by atomic mass is 32.2. The Hall–Kier alpha value is -0.920. The second kappa shape index (κ2) is 6.13. The van der Waals surface area contributed by atoms with E-state index in [4.69, 9.17) is 5.11 Å². The number of aryl methyl sites for hydroxylation is 1. The molecule has 1 rings (SSSR count). The van der Waals surface area contributed by atoms with Crippen LogP contribution in [0.3, 0.4) is 0 Å². The number of hydrogen-bond acceptors (Lipinski definition) is 4. The van der Waals surface area contributed by atoms with E-state index in [9.17, 15) is 8.42 Å². The predicted molar refractivity (Wildman–Crippen MR) is 64.1 cm³/mol. The van der Waals surface area contributed by atoms with Crippen LogP contribution in [0.2, 0.25) is 0 Å². The Kier molecular flexibility index (Phi) is 5.10. The highest BCUT2D eigenvalue weighted by Crippen LogP contribution is 2.13. The van der Waals surface area contributed by atoms with Crippen molar-refractivity contribution in [2.45, 2.75) is 31.7 Å². The Labute approximate surface area is 102 Å². The van der Waals surface area contributed by atoms with Crippen LogP contribution in [-0.4, -0.2) is 47.5 Å². The molecule has 0 amide bonds. The van der Waals surface area contributed by atoms with Crippen LogP contribution in [0, 0.1) is 0 Å². The molecule has 0 spiro atoms. The fourth-order valence-corrected chi connectivity index (χ4v) is 2.96. The van der Waals surface area contributed by atoms with Gasteiger partial charge in [-0.15, -0.1) is 0 Å². The van der Waals surface area contributed by atoms with E-state index in [1.807, 2.05) is 13.8 Å². The number of aliphatic hydroxyl groups excluding tert-OH is 1. The lowest BCUT2D eigenvalue weighted by atomic mass is 10.5. The monoisotopic (exact) mass is 261 g/mol. The molecule has 0 atom stereocenters. The molecular weight excluding hydrogens is 242 g/mol. The third-order valence-corrected chi connectivity index (χ3v) is 4.19. The number of aromatic amines is 1. The largest absolute Gasteiger partial charge is 0.395 e. The van der Waals surface area contributed by atoms with E-state index in [2.05, 4.69) is 9.97 Å². The standard InChI is InChI=1S/C10H19N3O3S/c1-3-5-13(6-7-14)17(15,16)10-8-11-9(4-2)12-10/h8,14H,3-7H2,1-2H3,(H,11,12). The molecule has 1 heterocycles. The summed E-state index contributed by atoms with van der Waals surface area (Å²) in [5, 5.41) is 8.99. The average molecular weight is 261 g/mol. The van der Waals surface area contributed by atoms with Gasteiger partial charge in [-0.05, 0) is 6.42 Å². The Morgan fingerprint density at radius 2 is 2.12 bits per heavy atom. The lowest BCUT2D eigenvalue weighted by Gasteiger charge is -2.19. The maximum absolute atomic E-state index is 12.2. The van der Waals surface area contributed by atoms with E-state index in [0.717, 1.165) is 0 Å². The minimum atomic E-state index is -3.56. The summed E-state index contributed by atoms with van der Waals surface area (Å²) in [7, 11) is -3.56. The molecule has 1 aromatic rings. The third kappa shape index (κ3) is 3.27. The average Bonchev–Trinajstić information content (AvgIpc) is 2.78. The topological polar surface area (TPSA) is 86.3 Å². The van der Waals surface area contributed by atoms with Crippen LogP contribution >= 0.6 is 0 Å². The molecule has 0 aliphatic rings. The van der Waals surface area contributed by atoms with Gasteiger partial charge in [0, 0.05) is 19.5 Å². The second-order valence-electron chi connectivity index (χ2n) is 3.68. The van der Waals surface area contributed by atoms with Gasteiger partial charge in [-0.3, -0.25) is 0 Å². The van der Waals surface area contributed by atoms with Gasteiger partial charge in [0.15, 0.2) is 5.03 Å². The van der Waals surface area contributed by atoms with E-state index in [0.29, 0.717) is 25.2 Å². The van der Waals surface area contributed by atoms with Gasteiger partial charge in [-0.1, -0.05) is 13.8 Å². The minimum absolute atomic E-state index is 0.0938. The number of aliphatic hydroxyl groups is 1. The van der Waals surface area contributed by atoms with E-state index in [1.165, 1.54) is 10.5 Å². The summed E-state index contributed by atoms with van der Waals surface area (Å²) < 4.78 is 25.6. The molecule has 1 aromatic heterocycles. The molecule has 0 aliphatic carbocycles. The Balaban J connectivity index is 2.98. The third-order valence-electron chi connectivity index (χ3n) is 2.38. The number of imidazole rings is 1. The van der Waals surface area contributed by atoms with Crippen LogP contribution in [0.1, 0.15) is 26.1 Å². The van der Waals surface area contributed by atoms with Crippen LogP contribution in [0.25, 0.3) is 0 Å². The van der Waals surface area contributed by atoms with Crippen LogP contribution in [-0.2, 0) is 16.4 Å². The Morgan fingerprint density at radius 3 is 2.59 bits per heavy atom. The maximum Gasteiger partial charge on any atom is 0.260 e. The molecule has 0 saturated carbocycles. The first-order chi connectivity index (χ1) is 8.06. The second-order valence-corrected chi connectivity index (χ2v) is 5.58. The van der Waals surface area contributed by atoms with E-state index < -0.39 is 10.0 Å². The first kappa shape index (κ1) is 14.1. The van der Waals surface area contributed by atoms with Gasteiger partial charge in [0.05, 0.1) is 12.8 Å². The molecule has 0 aromatic carbocycles. The first-order valence-electron chi connectivity index (χ1n) is 5.71. The van der Waals surface area contributed by atoms with Gasteiger partial charge < -0.3 is 10.1 Å². The summed E-state index contributed by atoms with van der Waals surface area (Å²) >= 11 is 0. The first-order valence-corrected chi connectivity index (χ1v) is 7.15. The minimum Gasteiger partial charge on any atom is -0.395 e. The lowest BCUT2D eigenvalue weighted by molar-refractivity contribution is 0.253. The van der Waals surface area contributed by atoms with Crippen molar-refractivity contribution in [1.82, 2.24) is 14.3 Å². The summed E-state index contributed by atoms with van der Waals surface area (Å²) in [5.41, 5.74) is 0. The van der Waals surface area contributed by atoms with Gasteiger partial charge in [-0.2, -0.15) is 4.31 Å². The SMILES string of the molecule is CCCN(CCO)S(=O)(=O)c1cnc(CC)[nH]1. The fourth-order valence-electron chi connectivity index (χ4n) is 1.51. The molecule has 0 aliphatic heterocycles. The Morgan fingerprint density at radius 1 is 1.41 bits per heavy atom. The molecule has 98 valence electrons. The van der Waals surface area contributed by atoms with Gasteiger partial charge in [0.2, 0.25) is 0 Å². The molecule has 0 radical (unpaired) electrons. The summed E-state index contributed by atoms with van der Waals surface area (Å²) in [6.45, 7) is 4.10. The van der Waals surface area contributed by atoms with Crippen molar-refractivity contribution in [2.75, 3.05) is 19.7 Å².